The van der Waals surface area contributed by atoms with Crippen molar-refractivity contribution in [1.82, 2.24) is 0 Å². The van der Waals surface area contributed by atoms with Crippen molar-refractivity contribution in [1.29, 1.82) is 0 Å². The fraction of sp³-hybridized carbons (Fsp3) is 0.333. The number of aryl methyl sites for hydroxylation is 1. The third kappa shape index (κ3) is 4.08. The van der Waals surface area contributed by atoms with Crippen LogP contribution in [0.1, 0.15) is 51.4 Å². The Morgan fingerprint density at radius 1 is 0.552 bits per heavy atom. The second kappa shape index (κ2) is 9.12. The summed E-state index contributed by atoms with van der Waals surface area (Å²) >= 11 is 0. The fourth-order valence-corrected chi connectivity index (χ4v) is 5.69. The van der Waals surface area contributed by atoms with Crippen LogP contribution in [0.25, 0.3) is 22.3 Å². The van der Waals surface area contributed by atoms with Gasteiger partial charge in [-0.3, -0.25) is 0 Å². The topological polar surface area (TPSA) is 0 Å². The van der Waals surface area contributed by atoms with E-state index in [1.807, 2.05) is 0 Å². The Balaban J connectivity index is 2.13. The summed E-state index contributed by atoms with van der Waals surface area (Å²) in [6.07, 6.45) is 2.25. The van der Waals surface area contributed by atoms with E-state index in [4.69, 9.17) is 0 Å². The normalized spacial score (nSPS) is 11.6. The van der Waals surface area contributed by atoms with E-state index in [2.05, 4.69) is 93.8 Å². The van der Waals surface area contributed by atoms with Gasteiger partial charge in [-0.1, -0.05) is 51.6 Å². The molecule has 0 aliphatic carbocycles. The highest BCUT2D eigenvalue weighted by Crippen LogP contribution is 2.38. The molecule has 0 aliphatic heterocycles. The van der Waals surface area contributed by atoms with Gasteiger partial charge in [0, 0.05) is 0 Å². The first-order valence-electron chi connectivity index (χ1n) is 10.5. The standard InChI is InChI=1S/C27H34P2/c1-8-22-9-11-24(18(4)16(22)2)26-13-14-27(21(7)20(26)6)25-12-10-23(15-29-28)17(3)19(25)5/h9-14,29H,8,15,28H2,1-7H3. The minimum Gasteiger partial charge on any atom is -0.114 e. The van der Waals surface area contributed by atoms with Crippen LogP contribution in [0.3, 0.4) is 0 Å². The Labute approximate surface area is 181 Å². The minimum absolute atomic E-state index is 0.882. The summed E-state index contributed by atoms with van der Waals surface area (Å²) in [4.78, 5) is 0. The molecule has 0 radical (unpaired) electrons. The molecule has 3 aromatic rings. The van der Waals surface area contributed by atoms with Crippen molar-refractivity contribution < 1.29 is 0 Å². The maximum atomic E-state index is 2.87. The Morgan fingerprint density at radius 3 is 1.31 bits per heavy atom. The summed E-state index contributed by atoms with van der Waals surface area (Å²) in [5, 5.41) is 0. The lowest BCUT2D eigenvalue weighted by atomic mass is 9.85. The van der Waals surface area contributed by atoms with Crippen LogP contribution in [0, 0.1) is 41.5 Å². The lowest BCUT2D eigenvalue weighted by Gasteiger charge is -2.20. The second-order valence-electron chi connectivity index (χ2n) is 8.19. The molecule has 0 aliphatic rings. The maximum absolute atomic E-state index is 2.87. The van der Waals surface area contributed by atoms with E-state index < -0.39 is 0 Å². The third-order valence-corrected chi connectivity index (χ3v) is 8.04. The summed E-state index contributed by atoms with van der Waals surface area (Å²) in [5.74, 6) is 0. The molecule has 2 heteroatoms. The smallest absolute Gasteiger partial charge is 0.00636 e. The van der Waals surface area contributed by atoms with Gasteiger partial charge < -0.3 is 0 Å². The molecule has 0 saturated carbocycles. The van der Waals surface area contributed by atoms with Crippen molar-refractivity contribution in [2.45, 2.75) is 61.0 Å². The van der Waals surface area contributed by atoms with Gasteiger partial charge in [-0.05, 0) is 121 Å². The van der Waals surface area contributed by atoms with Crippen LogP contribution < -0.4 is 0 Å². The average Bonchev–Trinajstić information content (AvgIpc) is 2.71. The highest BCUT2D eigenvalue weighted by molar-refractivity contribution is 8.02. The molecule has 0 spiro atoms. The van der Waals surface area contributed by atoms with Gasteiger partial charge in [0.15, 0.2) is 0 Å². The lowest BCUT2D eigenvalue weighted by Crippen LogP contribution is -1.99. The summed E-state index contributed by atoms with van der Waals surface area (Å²) in [6.45, 7) is 15.9. The van der Waals surface area contributed by atoms with E-state index >= 15 is 0 Å². The van der Waals surface area contributed by atoms with Crippen LogP contribution in [0.15, 0.2) is 36.4 Å². The Kier molecular flexibility index (Phi) is 6.98. The van der Waals surface area contributed by atoms with E-state index in [1.165, 1.54) is 66.8 Å². The van der Waals surface area contributed by atoms with Crippen molar-refractivity contribution in [2.24, 2.45) is 0 Å². The molecule has 2 atom stereocenters. The zero-order valence-corrected chi connectivity index (χ0v) is 21.1. The van der Waals surface area contributed by atoms with Crippen LogP contribution in [0.2, 0.25) is 0 Å². The fourth-order valence-electron chi connectivity index (χ4n) is 4.43. The SMILES string of the molecule is CCc1ccc(-c2ccc(-c3ccc(CPP)c(C)c3C)c(C)c2C)c(C)c1C. The average molecular weight is 421 g/mol. The van der Waals surface area contributed by atoms with Crippen molar-refractivity contribution in [3.63, 3.8) is 0 Å². The summed E-state index contributed by atoms with van der Waals surface area (Å²) in [7, 11) is 3.75. The van der Waals surface area contributed by atoms with E-state index in [-0.39, 0.29) is 0 Å². The van der Waals surface area contributed by atoms with Gasteiger partial charge in [0.25, 0.3) is 0 Å². The molecule has 3 rings (SSSR count). The third-order valence-electron chi connectivity index (χ3n) is 6.84. The predicted octanol–water partition coefficient (Wildman–Crippen LogP) is 8.40. The molecule has 3 aromatic carbocycles. The maximum Gasteiger partial charge on any atom is -0.00636 e. The first-order valence-corrected chi connectivity index (χ1v) is 13.6. The van der Waals surface area contributed by atoms with Crippen molar-refractivity contribution >= 4 is 17.2 Å². The Hall–Kier alpha value is -1.48. The molecule has 29 heavy (non-hydrogen) atoms. The molecule has 0 amide bonds. The highest BCUT2D eigenvalue weighted by Gasteiger charge is 2.15. The molecule has 0 aromatic heterocycles. The van der Waals surface area contributed by atoms with E-state index in [1.54, 1.807) is 0 Å². The van der Waals surface area contributed by atoms with Crippen LogP contribution >= 0.6 is 17.2 Å². The first kappa shape index (κ1) is 22.2. The highest BCUT2D eigenvalue weighted by atomic mass is 32.0. The van der Waals surface area contributed by atoms with Crippen molar-refractivity contribution in [3.05, 3.63) is 80.9 Å². The van der Waals surface area contributed by atoms with E-state index in [0.29, 0.717) is 0 Å². The number of hydrogen-bond acceptors (Lipinski definition) is 0. The van der Waals surface area contributed by atoms with Gasteiger partial charge in [0.2, 0.25) is 0 Å². The predicted molar refractivity (Wildman–Crippen MR) is 137 cm³/mol. The largest absolute Gasteiger partial charge is 0.114 e. The summed E-state index contributed by atoms with van der Waals surface area (Å²) < 4.78 is 0. The van der Waals surface area contributed by atoms with Crippen LogP contribution in [-0.2, 0) is 12.6 Å². The monoisotopic (exact) mass is 420 g/mol. The van der Waals surface area contributed by atoms with Gasteiger partial charge in [-0.25, -0.2) is 0 Å². The van der Waals surface area contributed by atoms with Gasteiger partial charge in [0.05, 0.1) is 0 Å². The Morgan fingerprint density at radius 2 is 0.897 bits per heavy atom. The first-order chi connectivity index (χ1) is 13.8. The van der Waals surface area contributed by atoms with Crippen molar-refractivity contribution in [2.75, 3.05) is 0 Å². The molecule has 0 heterocycles. The minimum atomic E-state index is 0.882. The van der Waals surface area contributed by atoms with Gasteiger partial charge in [-0.15, -0.1) is 8.93 Å². The molecule has 0 fully saturated rings. The van der Waals surface area contributed by atoms with Gasteiger partial charge >= 0.3 is 0 Å². The molecule has 152 valence electrons. The van der Waals surface area contributed by atoms with E-state index in [9.17, 15) is 0 Å². The zero-order valence-electron chi connectivity index (χ0n) is 19.0. The molecule has 0 N–H and O–H groups in total. The van der Waals surface area contributed by atoms with Crippen LogP contribution in [0.5, 0.6) is 0 Å². The van der Waals surface area contributed by atoms with Crippen LogP contribution in [-0.4, -0.2) is 0 Å². The molecular weight excluding hydrogens is 386 g/mol. The lowest BCUT2D eigenvalue weighted by molar-refractivity contribution is 1.09. The summed E-state index contributed by atoms with van der Waals surface area (Å²) in [6, 6.07) is 13.9. The molecule has 0 saturated heterocycles. The van der Waals surface area contributed by atoms with E-state index in [0.717, 1.165) is 20.9 Å². The molecule has 0 bridgehead atoms. The van der Waals surface area contributed by atoms with Gasteiger partial charge in [0.1, 0.15) is 0 Å². The number of hydrogen-bond donors (Lipinski definition) is 0. The quantitative estimate of drug-likeness (QED) is 0.364. The number of rotatable bonds is 5. The molecular formula is C27H34P2. The Bertz CT molecular complexity index is 1060. The summed E-state index contributed by atoms with van der Waals surface area (Å²) in [5.41, 5.74) is 16.9. The zero-order chi connectivity index (χ0) is 21.3. The second-order valence-corrected chi connectivity index (χ2v) is 10.2. The van der Waals surface area contributed by atoms with Crippen molar-refractivity contribution in [3.8, 4) is 22.3 Å². The molecule has 2 unspecified atom stereocenters. The molecule has 0 nitrogen and oxygen atoms in total. The van der Waals surface area contributed by atoms with Crippen LogP contribution in [0.4, 0.5) is 0 Å². The number of benzene rings is 3. The van der Waals surface area contributed by atoms with Gasteiger partial charge in [-0.2, -0.15) is 0 Å².